The molecule has 0 amide bonds. The van der Waals surface area contributed by atoms with E-state index in [4.69, 9.17) is 10.2 Å². The molecule has 0 aromatic carbocycles. The Balaban J connectivity index is 0.00000225. The monoisotopic (exact) mass is 377 g/mol. The highest BCUT2D eigenvalue weighted by Gasteiger charge is 2.15. The summed E-state index contributed by atoms with van der Waals surface area (Å²) in [7, 11) is 7.03. The summed E-state index contributed by atoms with van der Waals surface area (Å²) in [5.41, 5.74) is 0. The number of aromatic nitrogens is 1. The Morgan fingerprint density at radius 1 is 1.19 bits per heavy atom. The lowest BCUT2D eigenvalue weighted by Crippen LogP contribution is -3.00. The van der Waals surface area contributed by atoms with Crippen molar-refractivity contribution in [3.63, 3.8) is 0 Å². The van der Waals surface area contributed by atoms with Crippen molar-refractivity contribution in [3.8, 4) is 0 Å². The fourth-order valence-corrected chi connectivity index (χ4v) is 3.36. The summed E-state index contributed by atoms with van der Waals surface area (Å²) in [5.74, 6) is 0. The van der Waals surface area contributed by atoms with Crippen LogP contribution < -0.4 is 38.3 Å². The van der Waals surface area contributed by atoms with Gasteiger partial charge in [-0.15, -0.1) is 0 Å². The molecule has 0 fully saturated rings. The van der Waals surface area contributed by atoms with Gasteiger partial charge in [0.25, 0.3) is 0 Å². The first-order valence-corrected chi connectivity index (χ1v) is 6.78. The van der Waals surface area contributed by atoms with Gasteiger partial charge in [0.15, 0.2) is 0 Å². The Kier molecular flexibility index (Phi) is 8.46. The third kappa shape index (κ3) is 4.62. The largest absolute Gasteiger partial charge is 1.00 e. The number of hydrogen-bond acceptors (Lipinski definition) is 6. The van der Waals surface area contributed by atoms with Crippen LogP contribution in [0.3, 0.4) is 0 Å². The number of aliphatic hydroxyl groups is 2. The van der Waals surface area contributed by atoms with E-state index in [2.05, 4.69) is 4.98 Å². The lowest BCUT2D eigenvalue weighted by Gasteiger charge is -2.15. The molecule has 2 N–H and O–H groups in total. The van der Waals surface area contributed by atoms with Crippen molar-refractivity contribution < 1.29 is 34.2 Å². The summed E-state index contributed by atoms with van der Waals surface area (Å²) >= 11 is 0. The second kappa shape index (κ2) is 8.34. The number of aliphatic hydroxyl groups excluding tert-OH is 2. The Labute approximate surface area is 119 Å². The van der Waals surface area contributed by atoms with E-state index in [1.54, 1.807) is 20.7 Å². The van der Waals surface area contributed by atoms with Crippen LogP contribution in [0.2, 0.25) is 0 Å². The second-order valence-electron chi connectivity index (χ2n) is 3.17. The molecule has 0 bridgehead atoms. The van der Waals surface area contributed by atoms with Gasteiger partial charge in [-0.05, 0) is 10.3 Å². The molecular weight excluding hydrogens is 361 g/mol. The SMILES string of the molecule is C[N+](C)=c1nc(N(CCO)CCO)ss1.[I-]. The van der Waals surface area contributed by atoms with Crippen molar-refractivity contribution in [1.82, 2.24) is 9.56 Å². The fraction of sp³-hybridized carbons (Fsp3) is 0.750. The Hall–Kier alpha value is 0.230. The zero-order chi connectivity index (χ0) is 11.3. The lowest BCUT2D eigenvalue weighted by molar-refractivity contribution is -0.00000538. The van der Waals surface area contributed by atoms with Crippen LogP contribution in [0.25, 0.3) is 0 Å². The summed E-state index contributed by atoms with van der Waals surface area (Å²) < 4.78 is 1.95. The molecule has 1 rings (SSSR count). The summed E-state index contributed by atoms with van der Waals surface area (Å²) in [6.45, 7) is 1.16. The van der Waals surface area contributed by atoms with Gasteiger partial charge < -0.3 is 39.1 Å². The van der Waals surface area contributed by atoms with Crippen molar-refractivity contribution in [1.29, 1.82) is 0 Å². The Bertz CT molecular complexity index is 356. The minimum atomic E-state index is 0. The summed E-state index contributed by atoms with van der Waals surface area (Å²) in [5, 5.41) is 18.6. The Morgan fingerprint density at radius 3 is 2.12 bits per heavy atom. The molecule has 1 aromatic heterocycles. The molecule has 1 aromatic rings. The van der Waals surface area contributed by atoms with Crippen molar-refractivity contribution in [2.24, 2.45) is 0 Å². The molecule has 16 heavy (non-hydrogen) atoms. The molecular formula is C8H16IN3O2S2. The first-order chi connectivity index (χ1) is 7.19. The molecule has 1 heterocycles. The van der Waals surface area contributed by atoms with Gasteiger partial charge in [0.05, 0.1) is 27.3 Å². The van der Waals surface area contributed by atoms with E-state index >= 15 is 0 Å². The summed E-state index contributed by atoms with van der Waals surface area (Å²) in [6.07, 6.45) is 0. The predicted octanol–water partition coefficient (Wildman–Crippen LogP) is -3.97. The van der Waals surface area contributed by atoms with Gasteiger partial charge in [-0.2, -0.15) is 0 Å². The van der Waals surface area contributed by atoms with Crippen LogP contribution in [0.1, 0.15) is 0 Å². The van der Waals surface area contributed by atoms with Gasteiger partial charge >= 0.3 is 9.93 Å². The molecule has 0 atom stereocenters. The van der Waals surface area contributed by atoms with Gasteiger partial charge in [-0.25, -0.2) is 0 Å². The molecule has 0 saturated carbocycles. The molecule has 5 nitrogen and oxygen atoms in total. The molecule has 0 radical (unpaired) electrons. The average Bonchev–Trinajstić information content (AvgIpc) is 2.66. The van der Waals surface area contributed by atoms with Gasteiger partial charge in [0.2, 0.25) is 0 Å². The smallest absolute Gasteiger partial charge is 0.390 e. The molecule has 0 aliphatic heterocycles. The molecule has 8 heteroatoms. The maximum Gasteiger partial charge on any atom is 0.390 e. The van der Waals surface area contributed by atoms with Crippen molar-refractivity contribution in [3.05, 3.63) is 4.80 Å². The second-order valence-corrected chi connectivity index (χ2v) is 5.24. The van der Waals surface area contributed by atoms with E-state index in [0.717, 1.165) is 9.93 Å². The molecule has 0 spiro atoms. The van der Waals surface area contributed by atoms with Gasteiger partial charge in [-0.1, -0.05) is 0 Å². The molecule has 0 aliphatic carbocycles. The highest BCUT2D eigenvalue weighted by Crippen LogP contribution is 2.17. The van der Waals surface area contributed by atoms with Crippen molar-refractivity contribution in [2.75, 3.05) is 45.3 Å². The van der Waals surface area contributed by atoms with E-state index in [-0.39, 0.29) is 37.2 Å². The predicted molar refractivity (Wildman–Crippen MR) is 63.5 cm³/mol. The number of anilines is 1. The lowest BCUT2D eigenvalue weighted by atomic mass is 10.5. The van der Waals surface area contributed by atoms with E-state index < -0.39 is 0 Å². The third-order valence-electron chi connectivity index (χ3n) is 1.77. The van der Waals surface area contributed by atoms with Crippen LogP contribution in [0.5, 0.6) is 0 Å². The minimum Gasteiger partial charge on any atom is -1.00 e. The van der Waals surface area contributed by atoms with Gasteiger partial charge in [0.1, 0.15) is 0 Å². The number of hydrogen-bond donors (Lipinski definition) is 2. The standard InChI is InChI=1S/C8H16N3O2S2.HI/c1-10(2)7-9-8(15-14-7)11(3-5-12)4-6-13;/h12-13H,3-6H2,1-2H3;1H/q+1;/p-1. The zero-order valence-electron chi connectivity index (χ0n) is 9.26. The fourth-order valence-electron chi connectivity index (χ4n) is 1.04. The van der Waals surface area contributed by atoms with Crippen LogP contribution in [-0.2, 0) is 0 Å². The normalized spacial score (nSPS) is 9.75. The van der Waals surface area contributed by atoms with Gasteiger partial charge in [0, 0.05) is 28.4 Å². The average molecular weight is 377 g/mol. The number of nitrogens with zero attached hydrogens (tertiary/aromatic N) is 3. The highest BCUT2D eigenvalue weighted by atomic mass is 127. The topological polar surface area (TPSA) is 59.6 Å². The minimum absolute atomic E-state index is 0. The van der Waals surface area contributed by atoms with Crippen molar-refractivity contribution >= 4 is 25.8 Å². The maximum absolute atomic E-state index is 8.89. The van der Waals surface area contributed by atoms with Crippen LogP contribution in [0.15, 0.2) is 0 Å². The first kappa shape index (κ1) is 16.2. The molecule has 0 aliphatic rings. The van der Waals surface area contributed by atoms with Crippen LogP contribution in [-0.4, -0.2) is 55.6 Å². The van der Waals surface area contributed by atoms with Crippen LogP contribution in [0, 0.1) is 0 Å². The van der Waals surface area contributed by atoms with Crippen molar-refractivity contribution in [2.45, 2.75) is 0 Å². The number of rotatable bonds is 5. The molecule has 0 unspecified atom stereocenters. The first-order valence-electron chi connectivity index (χ1n) is 4.63. The van der Waals surface area contributed by atoms with E-state index in [1.165, 1.54) is 0 Å². The van der Waals surface area contributed by atoms with Gasteiger partial charge in [-0.3, -0.25) is 4.58 Å². The van der Waals surface area contributed by atoms with Crippen LogP contribution >= 0.6 is 20.7 Å². The summed E-state index contributed by atoms with van der Waals surface area (Å²) in [4.78, 5) is 7.24. The highest BCUT2D eigenvalue weighted by molar-refractivity contribution is 7.69. The quantitative estimate of drug-likeness (QED) is 0.312. The third-order valence-corrected chi connectivity index (χ3v) is 4.11. The molecule has 94 valence electrons. The summed E-state index contributed by atoms with van der Waals surface area (Å²) in [6, 6.07) is 0. The molecule has 0 saturated heterocycles. The van der Waals surface area contributed by atoms with Crippen LogP contribution in [0.4, 0.5) is 5.13 Å². The maximum atomic E-state index is 8.89. The Morgan fingerprint density at radius 2 is 1.75 bits per heavy atom. The zero-order valence-corrected chi connectivity index (χ0v) is 13.0. The van der Waals surface area contributed by atoms with E-state index in [0.29, 0.717) is 13.1 Å². The van der Waals surface area contributed by atoms with E-state index in [9.17, 15) is 0 Å². The van der Waals surface area contributed by atoms with E-state index in [1.807, 2.05) is 23.6 Å². The number of halogens is 1.